The van der Waals surface area contributed by atoms with E-state index in [4.69, 9.17) is 5.73 Å². The Kier molecular flexibility index (Phi) is 3.57. The molecule has 100 valence electrons. The smallest absolute Gasteiger partial charge is 0.326 e. The molecule has 0 aliphatic rings. The lowest BCUT2D eigenvalue weighted by Crippen LogP contribution is -2.11. The molecule has 0 saturated heterocycles. The van der Waals surface area contributed by atoms with Crippen LogP contribution in [0, 0.1) is 5.82 Å². The van der Waals surface area contributed by atoms with Gasteiger partial charge in [0.1, 0.15) is 5.82 Å². The molecule has 19 heavy (non-hydrogen) atoms. The van der Waals surface area contributed by atoms with E-state index in [-0.39, 0.29) is 12.1 Å². The zero-order valence-electron chi connectivity index (χ0n) is 9.84. The first-order valence-electron chi connectivity index (χ1n) is 5.58. The Morgan fingerprint density at radius 1 is 0.947 bits per heavy atom. The maximum Gasteiger partial charge on any atom is 0.416 e. The van der Waals surface area contributed by atoms with Crippen molar-refractivity contribution in [2.75, 3.05) is 0 Å². The average Bonchev–Trinajstić information content (AvgIpc) is 2.37. The molecule has 0 heterocycles. The Morgan fingerprint density at radius 2 is 1.63 bits per heavy atom. The number of hydrogen-bond donors (Lipinski definition) is 1. The standard InChI is InChI=1S/C14H11F4N/c15-12-3-1-2-9(7-12)10-4-5-13(14(16,17)18)11(6-10)8-19/h1-7H,8,19H2. The predicted octanol–water partition coefficient (Wildman–Crippen LogP) is 3.97. The number of rotatable bonds is 2. The van der Waals surface area contributed by atoms with Crippen molar-refractivity contribution in [1.82, 2.24) is 0 Å². The van der Waals surface area contributed by atoms with Gasteiger partial charge in [0.2, 0.25) is 0 Å². The first kappa shape index (κ1) is 13.5. The van der Waals surface area contributed by atoms with Gasteiger partial charge in [-0.15, -0.1) is 0 Å². The lowest BCUT2D eigenvalue weighted by atomic mass is 9.99. The summed E-state index contributed by atoms with van der Waals surface area (Å²) in [7, 11) is 0. The van der Waals surface area contributed by atoms with E-state index >= 15 is 0 Å². The molecular formula is C14H11F4N. The normalized spacial score (nSPS) is 11.6. The Hall–Kier alpha value is -1.88. The molecule has 2 rings (SSSR count). The predicted molar refractivity (Wildman–Crippen MR) is 64.7 cm³/mol. The van der Waals surface area contributed by atoms with Gasteiger partial charge < -0.3 is 5.73 Å². The van der Waals surface area contributed by atoms with Crippen LogP contribution in [0.5, 0.6) is 0 Å². The van der Waals surface area contributed by atoms with Gasteiger partial charge in [-0.25, -0.2) is 4.39 Å². The van der Waals surface area contributed by atoms with E-state index < -0.39 is 17.6 Å². The first-order valence-corrected chi connectivity index (χ1v) is 5.58. The van der Waals surface area contributed by atoms with Crippen molar-refractivity contribution in [1.29, 1.82) is 0 Å². The number of hydrogen-bond acceptors (Lipinski definition) is 1. The van der Waals surface area contributed by atoms with Crippen LogP contribution in [0.25, 0.3) is 11.1 Å². The molecule has 0 aliphatic carbocycles. The summed E-state index contributed by atoms with van der Waals surface area (Å²) in [5.74, 6) is -0.438. The van der Waals surface area contributed by atoms with E-state index in [9.17, 15) is 17.6 Å². The van der Waals surface area contributed by atoms with Gasteiger partial charge >= 0.3 is 6.18 Å². The van der Waals surface area contributed by atoms with Crippen molar-refractivity contribution in [2.45, 2.75) is 12.7 Å². The quantitative estimate of drug-likeness (QED) is 0.820. The van der Waals surface area contributed by atoms with Crippen LogP contribution in [0.3, 0.4) is 0 Å². The minimum absolute atomic E-state index is 0.00531. The summed E-state index contributed by atoms with van der Waals surface area (Å²) in [6, 6.07) is 9.31. The molecule has 2 aromatic carbocycles. The Morgan fingerprint density at radius 3 is 2.21 bits per heavy atom. The van der Waals surface area contributed by atoms with Crippen LogP contribution in [0.1, 0.15) is 11.1 Å². The molecule has 1 nitrogen and oxygen atoms in total. The zero-order valence-corrected chi connectivity index (χ0v) is 9.84. The molecule has 0 fully saturated rings. The second kappa shape index (κ2) is 5.01. The van der Waals surface area contributed by atoms with Gasteiger partial charge in [-0.1, -0.05) is 18.2 Å². The second-order valence-electron chi connectivity index (χ2n) is 4.08. The summed E-state index contributed by atoms with van der Waals surface area (Å²) >= 11 is 0. The van der Waals surface area contributed by atoms with Crippen LogP contribution in [-0.2, 0) is 12.7 Å². The van der Waals surface area contributed by atoms with Crippen molar-refractivity contribution < 1.29 is 17.6 Å². The van der Waals surface area contributed by atoms with Crippen LogP contribution in [0.4, 0.5) is 17.6 Å². The molecule has 0 spiro atoms. The zero-order chi connectivity index (χ0) is 14.0. The molecular weight excluding hydrogens is 258 g/mol. The van der Waals surface area contributed by atoms with Crippen LogP contribution in [0.15, 0.2) is 42.5 Å². The molecule has 0 saturated carbocycles. The third-order valence-electron chi connectivity index (χ3n) is 2.79. The van der Waals surface area contributed by atoms with Gasteiger partial charge in [0.05, 0.1) is 5.56 Å². The highest BCUT2D eigenvalue weighted by Gasteiger charge is 2.32. The van der Waals surface area contributed by atoms with E-state index in [1.54, 1.807) is 6.07 Å². The summed E-state index contributed by atoms with van der Waals surface area (Å²) in [6.45, 7) is -0.224. The minimum Gasteiger partial charge on any atom is -0.326 e. The number of benzene rings is 2. The average molecular weight is 269 g/mol. The molecule has 0 unspecified atom stereocenters. The van der Waals surface area contributed by atoms with Crippen molar-refractivity contribution in [2.24, 2.45) is 5.73 Å². The number of nitrogens with two attached hydrogens (primary N) is 1. The van der Waals surface area contributed by atoms with Crippen molar-refractivity contribution in [3.8, 4) is 11.1 Å². The molecule has 0 aliphatic heterocycles. The molecule has 0 aromatic heterocycles. The highest BCUT2D eigenvalue weighted by molar-refractivity contribution is 5.65. The van der Waals surface area contributed by atoms with E-state index in [1.165, 1.54) is 30.3 Å². The fourth-order valence-corrected chi connectivity index (χ4v) is 1.89. The van der Waals surface area contributed by atoms with E-state index in [2.05, 4.69) is 0 Å². The minimum atomic E-state index is -4.44. The highest BCUT2D eigenvalue weighted by Crippen LogP contribution is 2.34. The summed E-state index contributed by atoms with van der Waals surface area (Å²) in [6.07, 6.45) is -4.44. The maximum absolute atomic E-state index is 13.1. The fourth-order valence-electron chi connectivity index (χ4n) is 1.89. The molecule has 2 aromatic rings. The van der Waals surface area contributed by atoms with Gasteiger partial charge in [0.15, 0.2) is 0 Å². The summed E-state index contributed by atoms with van der Waals surface area (Å²) < 4.78 is 51.3. The molecule has 5 heteroatoms. The van der Waals surface area contributed by atoms with Crippen LogP contribution in [-0.4, -0.2) is 0 Å². The number of halogens is 4. The van der Waals surface area contributed by atoms with Crippen LogP contribution in [0.2, 0.25) is 0 Å². The second-order valence-corrected chi connectivity index (χ2v) is 4.08. The monoisotopic (exact) mass is 269 g/mol. The van der Waals surface area contributed by atoms with Gasteiger partial charge in [-0.05, 0) is 41.0 Å². The lowest BCUT2D eigenvalue weighted by molar-refractivity contribution is -0.138. The number of alkyl halides is 3. The van der Waals surface area contributed by atoms with Gasteiger partial charge in [0, 0.05) is 6.54 Å². The molecule has 0 bridgehead atoms. The van der Waals surface area contributed by atoms with Crippen molar-refractivity contribution in [3.05, 3.63) is 59.4 Å². The summed E-state index contributed by atoms with van der Waals surface area (Å²) in [5, 5.41) is 0. The van der Waals surface area contributed by atoms with Gasteiger partial charge in [-0.2, -0.15) is 13.2 Å². The topological polar surface area (TPSA) is 26.0 Å². The Bertz CT molecular complexity index is 590. The summed E-state index contributed by atoms with van der Waals surface area (Å²) in [5.41, 5.74) is 5.61. The Labute approximate surface area is 107 Å². The summed E-state index contributed by atoms with van der Waals surface area (Å²) in [4.78, 5) is 0. The molecule has 2 N–H and O–H groups in total. The highest BCUT2D eigenvalue weighted by atomic mass is 19.4. The Balaban J connectivity index is 2.51. The fraction of sp³-hybridized carbons (Fsp3) is 0.143. The molecule has 0 amide bonds. The van der Waals surface area contributed by atoms with Crippen molar-refractivity contribution in [3.63, 3.8) is 0 Å². The van der Waals surface area contributed by atoms with E-state index in [0.29, 0.717) is 11.1 Å². The van der Waals surface area contributed by atoms with Crippen LogP contribution < -0.4 is 5.73 Å². The SMILES string of the molecule is NCc1cc(-c2cccc(F)c2)ccc1C(F)(F)F. The molecule has 0 atom stereocenters. The van der Waals surface area contributed by atoms with Gasteiger partial charge in [-0.3, -0.25) is 0 Å². The van der Waals surface area contributed by atoms with E-state index in [0.717, 1.165) is 6.07 Å². The van der Waals surface area contributed by atoms with Crippen molar-refractivity contribution >= 4 is 0 Å². The largest absolute Gasteiger partial charge is 0.416 e. The molecule has 0 radical (unpaired) electrons. The lowest BCUT2D eigenvalue weighted by Gasteiger charge is -2.13. The van der Waals surface area contributed by atoms with Crippen LogP contribution >= 0.6 is 0 Å². The maximum atomic E-state index is 13.1. The third kappa shape index (κ3) is 2.93. The third-order valence-corrected chi connectivity index (χ3v) is 2.79. The first-order chi connectivity index (χ1) is 8.91. The van der Waals surface area contributed by atoms with Gasteiger partial charge in [0.25, 0.3) is 0 Å². The van der Waals surface area contributed by atoms with E-state index in [1.807, 2.05) is 0 Å².